The van der Waals surface area contributed by atoms with E-state index < -0.39 is 0 Å². The first kappa shape index (κ1) is 15.2. The predicted octanol–water partition coefficient (Wildman–Crippen LogP) is 2.16. The van der Waals surface area contributed by atoms with Gasteiger partial charge >= 0.3 is 0 Å². The number of hydrogen-bond acceptors (Lipinski definition) is 3. The molecular formula is C14H27N3O. The van der Waals surface area contributed by atoms with Crippen LogP contribution < -0.4 is 5.32 Å². The van der Waals surface area contributed by atoms with Crippen molar-refractivity contribution >= 4 is 0 Å². The zero-order valence-corrected chi connectivity index (χ0v) is 12.0. The maximum atomic E-state index is 8.72. The molecule has 1 rings (SSSR count). The lowest BCUT2D eigenvalue weighted by Crippen LogP contribution is -2.13. The lowest BCUT2D eigenvalue weighted by atomic mass is 10.2. The Labute approximate surface area is 110 Å². The third kappa shape index (κ3) is 4.42. The fraction of sp³-hybridized carbons (Fsp3) is 0.786. The van der Waals surface area contributed by atoms with Crippen LogP contribution in [0.1, 0.15) is 49.6 Å². The molecule has 0 fully saturated rings. The fourth-order valence-corrected chi connectivity index (χ4v) is 2.18. The van der Waals surface area contributed by atoms with E-state index in [1.165, 1.54) is 17.7 Å². The molecule has 18 heavy (non-hydrogen) atoms. The Balaban J connectivity index is 2.46. The minimum atomic E-state index is 0.312. The van der Waals surface area contributed by atoms with Crippen LogP contribution in [0.15, 0.2) is 0 Å². The van der Waals surface area contributed by atoms with Crippen molar-refractivity contribution in [3.05, 3.63) is 17.0 Å². The van der Waals surface area contributed by atoms with Gasteiger partial charge < -0.3 is 10.4 Å². The van der Waals surface area contributed by atoms with Crippen molar-refractivity contribution in [1.29, 1.82) is 0 Å². The summed E-state index contributed by atoms with van der Waals surface area (Å²) >= 11 is 0. The summed E-state index contributed by atoms with van der Waals surface area (Å²) in [6.45, 7) is 9.57. The highest BCUT2D eigenvalue weighted by atomic mass is 16.2. The number of aromatic nitrogens is 2. The first-order valence-electron chi connectivity index (χ1n) is 7.05. The van der Waals surface area contributed by atoms with Crippen LogP contribution in [-0.4, -0.2) is 28.0 Å². The van der Waals surface area contributed by atoms with Gasteiger partial charge in [-0.05, 0) is 33.2 Å². The summed E-state index contributed by atoms with van der Waals surface area (Å²) in [7, 11) is 0. The van der Waals surface area contributed by atoms with E-state index in [0.717, 1.165) is 44.6 Å². The van der Waals surface area contributed by atoms with Gasteiger partial charge in [-0.15, -0.1) is 0 Å². The first-order valence-corrected chi connectivity index (χ1v) is 7.05. The van der Waals surface area contributed by atoms with Gasteiger partial charge in [-0.1, -0.05) is 19.8 Å². The number of nitrogens with zero attached hydrogens (tertiary/aromatic N) is 2. The number of aliphatic hydroxyl groups is 1. The summed E-state index contributed by atoms with van der Waals surface area (Å²) in [5.41, 5.74) is 3.77. The van der Waals surface area contributed by atoms with Crippen molar-refractivity contribution in [3.8, 4) is 0 Å². The van der Waals surface area contributed by atoms with Crippen molar-refractivity contribution in [2.24, 2.45) is 0 Å². The van der Waals surface area contributed by atoms with E-state index in [9.17, 15) is 0 Å². The van der Waals surface area contributed by atoms with E-state index in [4.69, 9.17) is 5.11 Å². The third-order valence-electron chi connectivity index (χ3n) is 3.36. The van der Waals surface area contributed by atoms with E-state index in [1.807, 2.05) is 0 Å². The number of hydrogen-bond donors (Lipinski definition) is 2. The van der Waals surface area contributed by atoms with Crippen LogP contribution in [0.2, 0.25) is 0 Å². The monoisotopic (exact) mass is 253 g/mol. The molecule has 4 heteroatoms. The predicted molar refractivity (Wildman–Crippen MR) is 74.6 cm³/mol. The summed E-state index contributed by atoms with van der Waals surface area (Å²) in [4.78, 5) is 0. The quantitative estimate of drug-likeness (QED) is 0.663. The number of unbranched alkanes of at least 4 members (excludes halogenated alkanes) is 3. The minimum absolute atomic E-state index is 0.312. The SMILES string of the molecule is CCNCc1c(C)nn(CCCCCCO)c1C. The molecule has 1 heterocycles. The number of aryl methyl sites for hydroxylation is 2. The van der Waals surface area contributed by atoms with Crippen molar-refractivity contribution in [3.63, 3.8) is 0 Å². The summed E-state index contributed by atoms with van der Waals surface area (Å²) in [6.07, 6.45) is 4.34. The van der Waals surface area contributed by atoms with Gasteiger partial charge in [0.25, 0.3) is 0 Å². The second kappa shape index (κ2) is 8.27. The molecule has 0 aromatic carbocycles. The standard InChI is InChI=1S/C14H27N3O/c1-4-15-11-14-12(2)16-17(13(14)3)9-7-5-6-8-10-18/h15,18H,4-11H2,1-3H3. The average molecular weight is 253 g/mol. The first-order chi connectivity index (χ1) is 8.70. The molecular weight excluding hydrogens is 226 g/mol. The Morgan fingerprint density at radius 3 is 2.56 bits per heavy atom. The van der Waals surface area contributed by atoms with Crippen LogP contribution in [0.3, 0.4) is 0 Å². The maximum Gasteiger partial charge on any atom is 0.0641 e. The van der Waals surface area contributed by atoms with Crippen LogP contribution in [0.25, 0.3) is 0 Å². The third-order valence-corrected chi connectivity index (χ3v) is 3.36. The van der Waals surface area contributed by atoms with E-state index in [2.05, 4.69) is 35.9 Å². The molecule has 0 spiro atoms. The summed E-state index contributed by atoms with van der Waals surface area (Å²) in [5, 5.41) is 16.7. The van der Waals surface area contributed by atoms with Gasteiger partial charge in [-0.3, -0.25) is 4.68 Å². The Morgan fingerprint density at radius 2 is 1.89 bits per heavy atom. The molecule has 1 aromatic rings. The van der Waals surface area contributed by atoms with Gasteiger partial charge in [0.2, 0.25) is 0 Å². The van der Waals surface area contributed by atoms with Crippen LogP contribution in [0, 0.1) is 13.8 Å². The molecule has 1 aromatic heterocycles. The van der Waals surface area contributed by atoms with Crippen molar-refractivity contribution < 1.29 is 5.11 Å². The van der Waals surface area contributed by atoms with Crippen molar-refractivity contribution in [2.75, 3.05) is 13.2 Å². The second-order valence-corrected chi connectivity index (χ2v) is 4.79. The Kier molecular flexibility index (Phi) is 6.98. The molecule has 0 saturated carbocycles. The molecule has 0 radical (unpaired) electrons. The maximum absolute atomic E-state index is 8.72. The van der Waals surface area contributed by atoms with E-state index in [1.54, 1.807) is 0 Å². The van der Waals surface area contributed by atoms with E-state index in [0.29, 0.717) is 6.61 Å². The molecule has 0 bridgehead atoms. The van der Waals surface area contributed by atoms with Crippen LogP contribution >= 0.6 is 0 Å². The Hall–Kier alpha value is -0.870. The molecule has 4 nitrogen and oxygen atoms in total. The largest absolute Gasteiger partial charge is 0.396 e. The topological polar surface area (TPSA) is 50.1 Å². The minimum Gasteiger partial charge on any atom is -0.396 e. The van der Waals surface area contributed by atoms with Gasteiger partial charge in [-0.2, -0.15) is 5.10 Å². The average Bonchev–Trinajstić information content (AvgIpc) is 2.62. The van der Waals surface area contributed by atoms with Gasteiger partial charge in [0, 0.05) is 31.0 Å². The highest BCUT2D eigenvalue weighted by molar-refractivity contribution is 5.24. The Bertz CT molecular complexity index is 347. The molecule has 0 saturated heterocycles. The summed E-state index contributed by atoms with van der Waals surface area (Å²) in [6, 6.07) is 0. The normalized spacial score (nSPS) is 11.1. The van der Waals surface area contributed by atoms with Gasteiger partial charge in [-0.25, -0.2) is 0 Å². The smallest absolute Gasteiger partial charge is 0.0641 e. The van der Waals surface area contributed by atoms with Gasteiger partial charge in [0.1, 0.15) is 0 Å². The van der Waals surface area contributed by atoms with Crippen LogP contribution in [0.5, 0.6) is 0 Å². The molecule has 0 aliphatic rings. The molecule has 0 aliphatic heterocycles. The summed E-state index contributed by atoms with van der Waals surface area (Å²) < 4.78 is 2.13. The van der Waals surface area contributed by atoms with Gasteiger partial charge in [0.15, 0.2) is 0 Å². The molecule has 104 valence electrons. The number of rotatable bonds is 9. The molecule has 2 N–H and O–H groups in total. The summed E-state index contributed by atoms with van der Waals surface area (Å²) in [5.74, 6) is 0. The van der Waals surface area contributed by atoms with Crippen molar-refractivity contribution in [2.45, 2.75) is 59.5 Å². The number of aliphatic hydroxyl groups excluding tert-OH is 1. The van der Waals surface area contributed by atoms with E-state index >= 15 is 0 Å². The molecule has 0 amide bonds. The zero-order valence-electron chi connectivity index (χ0n) is 12.0. The lowest BCUT2D eigenvalue weighted by Gasteiger charge is -2.06. The van der Waals surface area contributed by atoms with Gasteiger partial charge in [0.05, 0.1) is 5.69 Å². The highest BCUT2D eigenvalue weighted by Gasteiger charge is 2.10. The fourth-order valence-electron chi connectivity index (χ4n) is 2.18. The molecule has 0 atom stereocenters. The second-order valence-electron chi connectivity index (χ2n) is 4.79. The van der Waals surface area contributed by atoms with Crippen LogP contribution in [0.4, 0.5) is 0 Å². The lowest BCUT2D eigenvalue weighted by molar-refractivity contribution is 0.282. The van der Waals surface area contributed by atoms with Crippen molar-refractivity contribution in [1.82, 2.24) is 15.1 Å². The Morgan fingerprint density at radius 1 is 1.17 bits per heavy atom. The molecule has 0 unspecified atom stereocenters. The van der Waals surface area contributed by atoms with Crippen LogP contribution in [-0.2, 0) is 13.1 Å². The highest BCUT2D eigenvalue weighted by Crippen LogP contribution is 2.14. The number of nitrogens with one attached hydrogen (secondary N) is 1. The molecule has 0 aliphatic carbocycles. The van der Waals surface area contributed by atoms with E-state index in [-0.39, 0.29) is 0 Å². The zero-order chi connectivity index (χ0) is 13.4.